The summed E-state index contributed by atoms with van der Waals surface area (Å²) in [6.45, 7) is 2.27. The average molecular weight is 380 g/mol. The van der Waals surface area contributed by atoms with Crippen LogP contribution in [0.3, 0.4) is 0 Å². The van der Waals surface area contributed by atoms with Crippen molar-refractivity contribution < 1.29 is 18.9 Å². The molecule has 1 fully saturated rings. The van der Waals surface area contributed by atoms with Gasteiger partial charge in [-0.2, -0.15) is 0 Å². The standard InChI is InChI=1S/C20H33N3O4/c1-21-19(23-14-20(7-6-8-20)9-10-24-2)22-13-15-11-17(26-4)18(27-5)12-16(15)25-3/h11-12H,6-10,13-14H2,1-5H3,(H2,21,22,23). The van der Waals surface area contributed by atoms with Crippen molar-refractivity contribution in [1.29, 1.82) is 0 Å². The lowest BCUT2D eigenvalue weighted by Crippen LogP contribution is -2.46. The molecule has 0 aromatic heterocycles. The van der Waals surface area contributed by atoms with E-state index < -0.39 is 0 Å². The number of hydrogen-bond donors (Lipinski definition) is 2. The number of hydrogen-bond acceptors (Lipinski definition) is 5. The minimum Gasteiger partial charge on any atom is -0.496 e. The molecule has 0 spiro atoms. The Morgan fingerprint density at radius 3 is 2.19 bits per heavy atom. The van der Waals surface area contributed by atoms with Gasteiger partial charge in [0, 0.05) is 45.5 Å². The number of nitrogens with zero attached hydrogens (tertiary/aromatic N) is 1. The Labute approximate surface area is 162 Å². The third-order valence-corrected chi connectivity index (χ3v) is 5.34. The highest BCUT2D eigenvalue weighted by molar-refractivity contribution is 5.79. The van der Waals surface area contributed by atoms with Crippen molar-refractivity contribution in [2.24, 2.45) is 10.4 Å². The molecule has 0 bridgehead atoms. The summed E-state index contributed by atoms with van der Waals surface area (Å²) < 4.78 is 21.5. The van der Waals surface area contributed by atoms with Gasteiger partial charge < -0.3 is 29.6 Å². The number of ether oxygens (including phenoxy) is 4. The Bertz CT molecular complexity index is 630. The summed E-state index contributed by atoms with van der Waals surface area (Å²) in [6.07, 6.45) is 4.85. The van der Waals surface area contributed by atoms with Crippen LogP contribution in [0.15, 0.2) is 17.1 Å². The molecule has 0 unspecified atom stereocenters. The number of guanidine groups is 1. The molecule has 7 nitrogen and oxygen atoms in total. The molecular formula is C20H33N3O4. The monoisotopic (exact) mass is 379 g/mol. The summed E-state index contributed by atoms with van der Waals surface area (Å²) in [5.41, 5.74) is 1.30. The topological polar surface area (TPSA) is 73.3 Å². The number of aliphatic imine (C=N–C) groups is 1. The van der Waals surface area contributed by atoms with Gasteiger partial charge in [0.05, 0.1) is 21.3 Å². The van der Waals surface area contributed by atoms with Crippen LogP contribution in [-0.2, 0) is 11.3 Å². The van der Waals surface area contributed by atoms with Gasteiger partial charge in [-0.15, -0.1) is 0 Å². The van der Waals surface area contributed by atoms with E-state index in [9.17, 15) is 0 Å². The van der Waals surface area contributed by atoms with E-state index in [4.69, 9.17) is 18.9 Å². The average Bonchev–Trinajstić information content (AvgIpc) is 2.68. The SMILES string of the molecule is CN=C(NCc1cc(OC)c(OC)cc1OC)NCC1(CCOC)CCC1. The van der Waals surface area contributed by atoms with Gasteiger partial charge in [0.15, 0.2) is 17.5 Å². The molecule has 0 amide bonds. The van der Waals surface area contributed by atoms with E-state index in [2.05, 4.69) is 15.6 Å². The van der Waals surface area contributed by atoms with Gasteiger partial charge in [-0.05, 0) is 30.7 Å². The summed E-state index contributed by atoms with van der Waals surface area (Å²) in [5.74, 6) is 2.83. The predicted molar refractivity (Wildman–Crippen MR) is 107 cm³/mol. The van der Waals surface area contributed by atoms with Crippen molar-refractivity contribution in [3.8, 4) is 17.2 Å². The largest absolute Gasteiger partial charge is 0.496 e. The van der Waals surface area contributed by atoms with Crippen LogP contribution in [0.1, 0.15) is 31.2 Å². The first kappa shape index (κ1) is 21.2. The van der Waals surface area contributed by atoms with Crippen LogP contribution in [0.25, 0.3) is 0 Å². The summed E-state index contributed by atoms with van der Waals surface area (Å²) in [7, 11) is 8.43. The second kappa shape index (κ2) is 10.3. The van der Waals surface area contributed by atoms with Crippen LogP contribution in [-0.4, -0.2) is 54.6 Å². The lowest BCUT2D eigenvalue weighted by atomic mass is 9.67. The fourth-order valence-electron chi connectivity index (χ4n) is 3.41. The van der Waals surface area contributed by atoms with Crippen molar-refractivity contribution in [2.45, 2.75) is 32.2 Å². The van der Waals surface area contributed by atoms with Crippen LogP contribution in [0.5, 0.6) is 17.2 Å². The van der Waals surface area contributed by atoms with Crippen LogP contribution in [0.4, 0.5) is 0 Å². The molecule has 7 heteroatoms. The molecule has 0 heterocycles. The molecule has 0 atom stereocenters. The minimum atomic E-state index is 0.328. The molecule has 152 valence electrons. The number of nitrogens with one attached hydrogen (secondary N) is 2. The van der Waals surface area contributed by atoms with Gasteiger partial charge in [0.25, 0.3) is 0 Å². The van der Waals surface area contributed by atoms with Crippen LogP contribution < -0.4 is 24.8 Å². The zero-order chi connectivity index (χ0) is 19.7. The Balaban J connectivity index is 1.97. The predicted octanol–water partition coefficient (Wildman–Crippen LogP) is 2.58. The first-order valence-corrected chi connectivity index (χ1v) is 9.33. The van der Waals surface area contributed by atoms with E-state index in [1.54, 1.807) is 35.5 Å². The molecule has 1 aliphatic carbocycles. The van der Waals surface area contributed by atoms with Gasteiger partial charge >= 0.3 is 0 Å². The zero-order valence-corrected chi connectivity index (χ0v) is 17.2. The van der Waals surface area contributed by atoms with Crippen molar-refractivity contribution >= 4 is 5.96 Å². The molecule has 1 aromatic rings. The van der Waals surface area contributed by atoms with E-state index in [1.165, 1.54) is 19.3 Å². The minimum absolute atomic E-state index is 0.328. The van der Waals surface area contributed by atoms with Gasteiger partial charge in [-0.1, -0.05) is 6.42 Å². The van der Waals surface area contributed by atoms with Crippen molar-refractivity contribution in [3.05, 3.63) is 17.7 Å². The van der Waals surface area contributed by atoms with E-state index in [-0.39, 0.29) is 0 Å². The highest BCUT2D eigenvalue weighted by atomic mass is 16.5. The zero-order valence-electron chi connectivity index (χ0n) is 17.2. The highest BCUT2D eigenvalue weighted by Crippen LogP contribution is 2.43. The Kier molecular flexibility index (Phi) is 8.03. The number of benzene rings is 1. The maximum atomic E-state index is 5.49. The van der Waals surface area contributed by atoms with Crippen LogP contribution in [0, 0.1) is 5.41 Å². The van der Waals surface area contributed by atoms with Gasteiger partial charge in [0.1, 0.15) is 5.75 Å². The van der Waals surface area contributed by atoms with E-state index >= 15 is 0 Å². The summed E-state index contributed by atoms with van der Waals surface area (Å²) in [5, 5.41) is 6.82. The molecule has 1 saturated carbocycles. The van der Waals surface area contributed by atoms with E-state index in [1.807, 2.05) is 12.1 Å². The molecule has 27 heavy (non-hydrogen) atoms. The summed E-state index contributed by atoms with van der Waals surface area (Å²) >= 11 is 0. The molecule has 0 saturated heterocycles. The number of methoxy groups -OCH3 is 4. The fraction of sp³-hybridized carbons (Fsp3) is 0.650. The van der Waals surface area contributed by atoms with Crippen LogP contribution >= 0.6 is 0 Å². The summed E-state index contributed by atoms with van der Waals surface area (Å²) in [6, 6.07) is 3.75. The van der Waals surface area contributed by atoms with Crippen molar-refractivity contribution in [3.63, 3.8) is 0 Å². The molecule has 1 aromatic carbocycles. The first-order chi connectivity index (χ1) is 13.1. The van der Waals surface area contributed by atoms with E-state index in [0.29, 0.717) is 23.5 Å². The first-order valence-electron chi connectivity index (χ1n) is 9.33. The Morgan fingerprint density at radius 1 is 1.00 bits per heavy atom. The van der Waals surface area contributed by atoms with Crippen LogP contribution in [0.2, 0.25) is 0 Å². The van der Waals surface area contributed by atoms with Gasteiger partial charge in [-0.25, -0.2) is 0 Å². The molecule has 0 aliphatic heterocycles. The lowest BCUT2D eigenvalue weighted by molar-refractivity contribution is 0.0732. The molecule has 2 N–H and O–H groups in total. The smallest absolute Gasteiger partial charge is 0.191 e. The third-order valence-electron chi connectivity index (χ3n) is 5.34. The Hall–Kier alpha value is -2.15. The lowest BCUT2D eigenvalue weighted by Gasteiger charge is -2.42. The fourth-order valence-corrected chi connectivity index (χ4v) is 3.41. The number of rotatable bonds is 10. The second-order valence-corrected chi connectivity index (χ2v) is 6.89. The van der Waals surface area contributed by atoms with E-state index in [0.717, 1.165) is 36.8 Å². The maximum absolute atomic E-state index is 5.49. The second-order valence-electron chi connectivity index (χ2n) is 6.89. The normalized spacial score (nSPS) is 15.7. The maximum Gasteiger partial charge on any atom is 0.191 e. The molecule has 0 radical (unpaired) electrons. The Morgan fingerprint density at radius 2 is 1.67 bits per heavy atom. The van der Waals surface area contributed by atoms with Gasteiger partial charge in [0.2, 0.25) is 0 Å². The summed E-state index contributed by atoms with van der Waals surface area (Å²) in [4.78, 5) is 4.34. The van der Waals surface area contributed by atoms with Crippen molar-refractivity contribution in [1.82, 2.24) is 10.6 Å². The molecular weight excluding hydrogens is 346 g/mol. The molecule has 2 rings (SSSR count). The quantitative estimate of drug-likeness (QED) is 0.481. The van der Waals surface area contributed by atoms with Crippen molar-refractivity contribution in [2.75, 3.05) is 48.6 Å². The van der Waals surface area contributed by atoms with Gasteiger partial charge in [-0.3, -0.25) is 4.99 Å². The third kappa shape index (κ3) is 5.42. The highest BCUT2D eigenvalue weighted by Gasteiger charge is 2.36. The molecule has 1 aliphatic rings.